The van der Waals surface area contributed by atoms with E-state index in [9.17, 15) is 13.6 Å². The third-order valence-electron chi connectivity index (χ3n) is 3.15. The van der Waals surface area contributed by atoms with Crippen molar-refractivity contribution in [2.24, 2.45) is 0 Å². The Labute approximate surface area is 129 Å². The van der Waals surface area contributed by atoms with E-state index < -0.39 is 5.82 Å². The molecule has 0 radical (unpaired) electrons. The third kappa shape index (κ3) is 2.63. The first-order valence-electron chi connectivity index (χ1n) is 6.34. The molecule has 0 unspecified atom stereocenters. The highest BCUT2D eigenvalue weighted by Crippen LogP contribution is 2.24. The molecule has 2 aromatic carbocycles. The minimum atomic E-state index is -0.535. The van der Waals surface area contributed by atoms with E-state index in [0.717, 1.165) is 0 Å². The highest BCUT2D eigenvalue weighted by atomic mass is 35.5. The fourth-order valence-electron chi connectivity index (χ4n) is 2.07. The minimum absolute atomic E-state index is 0.0380. The summed E-state index contributed by atoms with van der Waals surface area (Å²) in [6, 6.07) is 9.77. The number of benzene rings is 2. The lowest BCUT2D eigenvalue weighted by Gasteiger charge is -2.02. The fourth-order valence-corrected chi connectivity index (χ4v) is 2.24. The van der Waals surface area contributed by atoms with Crippen LogP contribution in [-0.2, 0) is 0 Å². The van der Waals surface area contributed by atoms with Crippen molar-refractivity contribution in [3.05, 3.63) is 70.9 Å². The molecule has 0 amide bonds. The van der Waals surface area contributed by atoms with Crippen LogP contribution in [0.2, 0.25) is 5.02 Å². The number of nitrogens with zero attached hydrogens (tertiary/aromatic N) is 2. The quantitative estimate of drug-likeness (QED) is 0.675. The van der Waals surface area contributed by atoms with Crippen molar-refractivity contribution in [3.63, 3.8) is 0 Å². The molecule has 22 heavy (non-hydrogen) atoms. The predicted octanol–water partition coefficient (Wildman–Crippen LogP) is 4.28. The van der Waals surface area contributed by atoms with Crippen molar-refractivity contribution in [1.82, 2.24) is 9.78 Å². The van der Waals surface area contributed by atoms with Crippen LogP contribution in [-0.4, -0.2) is 16.1 Å². The number of hydrogen-bond donors (Lipinski definition) is 0. The number of aldehydes is 1. The molecule has 0 aliphatic carbocycles. The average Bonchev–Trinajstić information content (AvgIpc) is 2.95. The van der Waals surface area contributed by atoms with Gasteiger partial charge in [0.25, 0.3) is 0 Å². The average molecular weight is 319 g/mol. The van der Waals surface area contributed by atoms with E-state index in [0.29, 0.717) is 28.8 Å². The first kappa shape index (κ1) is 14.4. The molecule has 0 atom stereocenters. The van der Waals surface area contributed by atoms with Gasteiger partial charge in [0.15, 0.2) is 6.29 Å². The molecule has 1 aromatic heterocycles. The van der Waals surface area contributed by atoms with Gasteiger partial charge in [-0.3, -0.25) is 4.79 Å². The lowest BCUT2D eigenvalue weighted by atomic mass is 10.1. The van der Waals surface area contributed by atoms with E-state index in [1.807, 2.05) is 0 Å². The molecular weight excluding hydrogens is 310 g/mol. The van der Waals surface area contributed by atoms with Crippen LogP contribution in [0, 0.1) is 11.6 Å². The van der Waals surface area contributed by atoms with Crippen molar-refractivity contribution in [3.8, 4) is 16.9 Å². The first-order chi connectivity index (χ1) is 10.6. The molecule has 110 valence electrons. The van der Waals surface area contributed by atoms with Crippen molar-refractivity contribution < 1.29 is 13.6 Å². The summed E-state index contributed by atoms with van der Waals surface area (Å²) in [7, 11) is 0. The number of carbonyl (C=O) groups is 1. The molecule has 0 aliphatic rings. The van der Waals surface area contributed by atoms with E-state index in [4.69, 9.17) is 11.6 Å². The number of rotatable bonds is 3. The van der Waals surface area contributed by atoms with Gasteiger partial charge in [-0.2, -0.15) is 5.10 Å². The van der Waals surface area contributed by atoms with Gasteiger partial charge in [0.05, 0.1) is 16.3 Å². The number of halogens is 3. The van der Waals surface area contributed by atoms with Crippen LogP contribution in [0.4, 0.5) is 8.78 Å². The van der Waals surface area contributed by atoms with Crippen molar-refractivity contribution in [1.29, 1.82) is 0 Å². The van der Waals surface area contributed by atoms with Crippen LogP contribution in [0.1, 0.15) is 10.4 Å². The molecule has 1 heterocycles. The monoisotopic (exact) mass is 318 g/mol. The Morgan fingerprint density at radius 2 is 1.82 bits per heavy atom. The van der Waals surface area contributed by atoms with Crippen molar-refractivity contribution in [2.45, 2.75) is 0 Å². The van der Waals surface area contributed by atoms with Gasteiger partial charge in [0.1, 0.15) is 17.3 Å². The van der Waals surface area contributed by atoms with E-state index in [1.54, 1.807) is 0 Å². The molecule has 0 saturated carbocycles. The summed E-state index contributed by atoms with van der Waals surface area (Å²) in [6.07, 6.45) is 2.17. The zero-order chi connectivity index (χ0) is 15.7. The maximum atomic E-state index is 13.2. The summed E-state index contributed by atoms with van der Waals surface area (Å²) in [6.45, 7) is 0. The summed E-state index contributed by atoms with van der Waals surface area (Å²) < 4.78 is 27.6. The molecular formula is C16H9ClF2N2O. The van der Waals surface area contributed by atoms with Crippen LogP contribution >= 0.6 is 11.6 Å². The van der Waals surface area contributed by atoms with Gasteiger partial charge >= 0.3 is 0 Å². The van der Waals surface area contributed by atoms with Gasteiger partial charge in [0, 0.05) is 11.8 Å². The van der Waals surface area contributed by atoms with E-state index >= 15 is 0 Å². The third-order valence-corrected chi connectivity index (χ3v) is 3.44. The van der Waals surface area contributed by atoms with Gasteiger partial charge in [-0.15, -0.1) is 0 Å². The fraction of sp³-hybridized carbons (Fsp3) is 0. The Kier molecular flexibility index (Phi) is 3.73. The molecule has 0 bridgehead atoms. The van der Waals surface area contributed by atoms with Gasteiger partial charge in [-0.25, -0.2) is 13.5 Å². The molecule has 3 aromatic rings. The summed E-state index contributed by atoms with van der Waals surface area (Å²) in [5.41, 5.74) is 1.88. The number of hydrogen-bond acceptors (Lipinski definition) is 2. The highest BCUT2D eigenvalue weighted by Gasteiger charge is 2.12. The first-order valence-corrected chi connectivity index (χ1v) is 6.72. The smallest absolute Gasteiger partial charge is 0.153 e. The molecule has 6 heteroatoms. The summed E-state index contributed by atoms with van der Waals surface area (Å²) in [4.78, 5) is 11.2. The zero-order valence-corrected chi connectivity index (χ0v) is 11.9. The highest BCUT2D eigenvalue weighted by molar-refractivity contribution is 6.30. The summed E-state index contributed by atoms with van der Waals surface area (Å²) in [5, 5.41) is 4.27. The maximum absolute atomic E-state index is 13.2. The lowest BCUT2D eigenvalue weighted by molar-refractivity contribution is 0.112. The van der Waals surface area contributed by atoms with Crippen LogP contribution < -0.4 is 0 Å². The van der Waals surface area contributed by atoms with Crippen LogP contribution in [0.25, 0.3) is 16.9 Å². The minimum Gasteiger partial charge on any atom is -0.298 e. The van der Waals surface area contributed by atoms with Crippen LogP contribution in [0.5, 0.6) is 0 Å². The molecule has 3 nitrogen and oxygen atoms in total. The summed E-state index contributed by atoms with van der Waals surface area (Å²) >= 11 is 5.75. The lowest BCUT2D eigenvalue weighted by Crippen LogP contribution is -1.95. The van der Waals surface area contributed by atoms with E-state index in [-0.39, 0.29) is 10.8 Å². The molecule has 3 rings (SSSR count). The largest absolute Gasteiger partial charge is 0.298 e. The van der Waals surface area contributed by atoms with Gasteiger partial charge in [-0.1, -0.05) is 11.6 Å². The normalized spacial score (nSPS) is 10.7. The van der Waals surface area contributed by atoms with Crippen molar-refractivity contribution >= 4 is 17.9 Å². The molecule has 0 spiro atoms. The molecule has 0 aliphatic heterocycles. The molecule has 0 N–H and O–H groups in total. The number of aromatic nitrogens is 2. The summed E-state index contributed by atoms with van der Waals surface area (Å²) in [5.74, 6) is -0.909. The standard InChI is InChI=1S/C16H9ClF2N2O/c17-14-7-13(5-6-15(14)19)21-8-11(9-22)16(20-21)10-1-3-12(18)4-2-10/h1-9H. The Hall–Kier alpha value is -2.53. The Morgan fingerprint density at radius 1 is 1.09 bits per heavy atom. The Bertz CT molecular complexity index is 844. The Balaban J connectivity index is 2.09. The molecule has 0 fully saturated rings. The van der Waals surface area contributed by atoms with Gasteiger partial charge in [0.2, 0.25) is 0 Å². The van der Waals surface area contributed by atoms with Gasteiger partial charge < -0.3 is 0 Å². The predicted molar refractivity (Wildman–Crippen MR) is 79.3 cm³/mol. The second kappa shape index (κ2) is 5.69. The van der Waals surface area contributed by atoms with Crippen molar-refractivity contribution in [2.75, 3.05) is 0 Å². The molecule has 0 saturated heterocycles. The van der Waals surface area contributed by atoms with Gasteiger partial charge in [-0.05, 0) is 42.5 Å². The number of carbonyl (C=O) groups excluding carboxylic acids is 1. The SMILES string of the molecule is O=Cc1cn(-c2ccc(F)c(Cl)c2)nc1-c1ccc(F)cc1. The zero-order valence-electron chi connectivity index (χ0n) is 11.1. The maximum Gasteiger partial charge on any atom is 0.153 e. The van der Waals surface area contributed by atoms with Crippen LogP contribution in [0.3, 0.4) is 0 Å². The van der Waals surface area contributed by atoms with Crippen LogP contribution in [0.15, 0.2) is 48.7 Å². The van der Waals surface area contributed by atoms with E-state index in [1.165, 1.54) is 53.3 Å². The second-order valence-corrected chi connectivity index (χ2v) is 5.01. The second-order valence-electron chi connectivity index (χ2n) is 4.60. The Morgan fingerprint density at radius 3 is 2.45 bits per heavy atom. The topological polar surface area (TPSA) is 34.9 Å². The van der Waals surface area contributed by atoms with E-state index in [2.05, 4.69) is 5.10 Å².